The molecule has 0 radical (unpaired) electrons. The molecule has 0 amide bonds. The van der Waals surface area contributed by atoms with Gasteiger partial charge in [-0.3, -0.25) is 4.79 Å². The highest BCUT2D eigenvalue weighted by Crippen LogP contribution is 2.20. The van der Waals surface area contributed by atoms with Crippen LogP contribution in [0.2, 0.25) is 0 Å². The van der Waals surface area contributed by atoms with Crippen molar-refractivity contribution >= 4 is 23.5 Å². The van der Waals surface area contributed by atoms with Crippen LogP contribution >= 0.6 is 11.8 Å². The topological polar surface area (TPSA) is 64.1 Å². The number of nitrogens with zero attached hydrogens (tertiary/aromatic N) is 2. The number of carbonyl (C=O) groups excluding carboxylic acids is 1. The van der Waals surface area contributed by atoms with Gasteiger partial charge in [0.15, 0.2) is 0 Å². The van der Waals surface area contributed by atoms with Crippen LogP contribution in [0.25, 0.3) is 0 Å². The molecular formula is C14H23N3O2S. The second kappa shape index (κ2) is 7.47. The van der Waals surface area contributed by atoms with Crippen molar-refractivity contribution in [1.82, 2.24) is 9.97 Å². The molecule has 0 bridgehead atoms. The lowest BCUT2D eigenvalue weighted by molar-refractivity contribution is -0.151. The molecule has 1 aromatic heterocycles. The first-order chi connectivity index (χ1) is 9.30. The molecule has 1 aromatic rings. The van der Waals surface area contributed by atoms with Gasteiger partial charge >= 0.3 is 5.97 Å². The van der Waals surface area contributed by atoms with E-state index in [1.165, 1.54) is 11.8 Å². The van der Waals surface area contributed by atoms with E-state index in [2.05, 4.69) is 22.2 Å². The van der Waals surface area contributed by atoms with Gasteiger partial charge in [0.05, 0.1) is 5.75 Å². The number of hydrogen-bond acceptors (Lipinski definition) is 6. The van der Waals surface area contributed by atoms with Gasteiger partial charge in [-0.05, 0) is 34.1 Å². The Morgan fingerprint density at radius 3 is 2.70 bits per heavy atom. The predicted octanol–water partition coefficient (Wildman–Crippen LogP) is 3.04. The zero-order chi connectivity index (χ0) is 15.2. The number of thioether (sulfide) groups is 1. The molecule has 20 heavy (non-hydrogen) atoms. The van der Waals surface area contributed by atoms with E-state index in [9.17, 15) is 4.79 Å². The van der Waals surface area contributed by atoms with Crippen LogP contribution in [-0.4, -0.2) is 33.8 Å². The second-order valence-electron chi connectivity index (χ2n) is 5.44. The molecule has 0 aliphatic carbocycles. The summed E-state index contributed by atoms with van der Waals surface area (Å²) in [6, 6.07) is 1.86. The number of rotatable bonds is 6. The molecule has 0 fully saturated rings. The van der Waals surface area contributed by atoms with Crippen LogP contribution < -0.4 is 5.32 Å². The molecule has 0 aliphatic rings. The van der Waals surface area contributed by atoms with Crippen molar-refractivity contribution in [2.75, 3.05) is 17.6 Å². The fourth-order valence-corrected chi connectivity index (χ4v) is 2.18. The van der Waals surface area contributed by atoms with Gasteiger partial charge in [0.1, 0.15) is 22.3 Å². The van der Waals surface area contributed by atoms with Crippen molar-refractivity contribution < 1.29 is 9.53 Å². The summed E-state index contributed by atoms with van der Waals surface area (Å²) in [6.07, 6.45) is 1.03. The third kappa shape index (κ3) is 6.75. The van der Waals surface area contributed by atoms with Gasteiger partial charge in [-0.1, -0.05) is 18.7 Å². The maximum atomic E-state index is 11.7. The Bertz CT molecular complexity index is 458. The minimum Gasteiger partial charge on any atom is -0.459 e. The van der Waals surface area contributed by atoms with Crippen LogP contribution in [0.4, 0.5) is 5.82 Å². The Labute approximate surface area is 124 Å². The summed E-state index contributed by atoms with van der Waals surface area (Å²) in [5, 5.41) is 4.00. The number of aromatic nitrogens is 2. The minimum atomic E-state index is -0.451. The van der Waals surface area contributed by atoms with Crippen molar-refractivity contribution in [3.05, 3.63) is 11.9 Å². The van der Waals surface area contributed by atoms with E-state index in [4.69, 9.17) is 4.74 Å². The Balaban J connectivity index is 2.59. The molecule has 0 saturated carbocycles. The molecular weight excluding hydrogens is 274 g/mol. The van der Waals surface area contributed by atoms with Crippen molar-refractivity contribution in [2.24, 2.45) is 0 Å². The molecule has 0 atom stereocenters. The maximum Gasteiger partial charge on any atom is 0.316 e. The Kier molecular flexibility index (Phi) is 6.26. The van der Waals surface area contributed by atoms with Gasteiger partial charge in [0.2, 0.25) is 0 Å². The van der Waals surface area contributed by atoms with E-state index in [0.717, 1.165) is 23.8 Å². The largest absolute Gasteiger partial charge is 0.459 e. The first-order valence-electron chi connectivity index (χ1n) is 6.74. The molecule has 1 N–H and O–H groups in total. The molecule has 6 heteroatoms. The zero-order valence-electron chi connectivity index (χ0n) is 12.8. The molecule has 0 aromatic carbocycles. The minimum absolute atomic E-state index is 0.234. The smallest absolute Gasteiger partial charge is 0.316 e. The van der Waals surface area contributed by atoms with Crippen molar-refractivity contribution in [3.63, 3.8) is 0 Å². The van der Waals surface area contributed by atoms with Crippen LogP contribution in [0.15, 0.2) is 11.1 Å². The zero-order valence-corrected chi connectivity index (χ0v) is 13.6. The van der Waals surface area contributed by atoms with Crippen LogP contribution in [0.3, 0.4) is 0 Å². The monoisotopic (exact) mass is 297 g/mol. The lowest BCUT2D eigenvalue weighted by Gasteiger charge is -2.19. The molecule has 1 rings (SSSR count). The summed E-state index contributed by atoms with van der Waals surface area (Å²) in [5.74, 6) is 1.51. The summed E-state index contributed by atoms with van der Waals surface area (Å²) in [5.41, 5.74) is -0.451. The normalized spacial score (nSPS) is 11.2. The third-order valence-electron chi connectivity index (χ3n) is 2.13. The van der Waals surface area contributed by atoms with Crippen LogP contribution in [0.5, 0.6) is 0 Å². The molecule has 0 unspecified atom stereocenters. The van der Waals surface area contributed by atoms with Gasteiger partial charge in [0, 0.05) is 12.6 Å². The predicted molar refractivity (Wildman–Crippen MR) is 82.1 cm³/mol. The van der Waals surface area contributed by atoms with E-state index in [1.807, 2.05) is 33.8 Å². The average Bonchev–Trinajstić information content (AvgIpc) is 2.31. The van der Waals surface area contributed by atoms with Crippen molar-refractivity contribution in [1.29, 1.82) is 0 Å². The molecule has 112 valence electrons. The Morgan fingerprint density at radius 2 is 2.10 bits per heavy atom. The fourth-order valence-electron chi connectivity index (χ4n) is 1.46. The summed E-state index contributed by atoms with van der Waals surface area (Å²) >= 11 is 1.37. The van der Waals surface area contributed by atoms with E-state index in [1.54, 1.807) is 0 Å². The summed E-state index contributed by atoms with van der Waals surface area (Å²) in [6.45, 7) is 10.4. The number of ether oxygens (including phenoxy) is 1. The molecule has 0 saturated heterocycles. The highest BCUT2D eigenvalue weighted by molar-refractivity contribution is 7.99. The molecule has 5 nitrogen and oxygen atoms in total. The molecule has 1 heterocycles. The number of hydrogen-bond donors (Lipinski definition) is 1. The van der Waals surface area contributed by atoms with Gasteiger partial charge in [0.25, 0.3) is 0 Å². The second-order valence-corrected chi connectivity index (χ2v) is 6.44. The maximum absolute atomic E-state index is 11.7. The number of anilines is 1. The van der Waals surface area contributed by atoms with Gasteiger partial charge in [-0.2, -0.15) is 0 Å². The first-order valence-corrected chi connectivity index (χ1v) is 7.73. The summed E-state index contributed by atoms with van der Waals surface area (Å²) in [7, 11) is 0. The van der Waals surface area contributed by atoms with E-state index < -0.39 is 5.60 Å². The van der Waals surface area contributed by atoms with Crippen molar-refractivity contribution in [2.45, 2.75) is 51.7 Å². The van der Waals surface area contributed by atoms with Crippen LogP contribution in [0, 0.1) is 6.92 Å². The number of carbonyl (C=O) groups is 1. The van der Waals surface area contributed by atoms with Crippen LogP contribution in [0.1, 0.15) is 39.9 Å². The first kappa shape index (κ1) is 16.8. The van der Waals surface area contributed by atoms with Gasteiger partial charge in [-0.15, -0.1) is 0 Å². The average molecular weight is 297 g/mol. The Hall–Kier alpha value is -1.30. The molecule has 0 spiro atoms. The standard InChI is InChI=1S/C14H23N3O2S/c1-6-7-15-11-8-12(17-10(2)16-11)20-9-13(18)19-14(3,4)5/h8H,6-7,9H2,1-5H3,(H,15,16,17). The third-order valence-corrected chi connectivity index (χ3v) is 3.01. The van der Waals surface area contributed by atoms with Crippen molar-refractivity contribution in [3.8, 4) is 0 Å². The fraction of sp³-hybridized carbons (Fsp3) is 0.643. The van der Waals surface area contributed by atoms with E-state index in [-0.39, 0.29) is 11.7 Å². The quantitative estimate of drug-likeness (QED) is 0.494. The lowest BCUT2D eigenvalue weighted by atomic mass is 10.2. The van der Waals surface area contributed by atoms with E-state index >= 15 is 0 Å². The lowest BCUT2D eigenvalue weighted by Crippen LogP contribution is -2.24. The highest BCUT2D eigenvalue weighted by atomic mass is 32.2. The van der Waals surface area contributed by atoms with Gasteiger partial charge < -0.3 is 10.1 Å². The molecule has 0 aliphatic heterocycles. The summed E-state index contributed by atoms with van der Waals surface area (Å²) in [4.78, 5) is 20.3. The highest BCUT2D eigenvalue weighted by Gasteiger charge is 2.16. The summed E-state index contributed by atoms with van der Waals surface area (Å²) < 4.78 is 5.27. The van der Waals surface area contributed by atoms with Gasteiger partial charge in [-0.25, -0.2) is 9.97 Å². The number of esters is 1. The SMILES string of the molecule is CCCNc1cc(SCC(=O)OC(C)(C)C)nc(C)n1. The number of aryl methyl sites for hydroxylation is 1. The van der Waals surface area contributed by atoms with E-state index in [0.29, 0.717) is 5.82 Å². The Morgan fingerprint density at radius 1 is 1.40 bits per heavy atom. The van der Waals surface area contributed by atoms with Crippen LogP contribution in [-0.2, 0) is 9.53 Å². The number of nitrogens with one attached hydrogen (secondary N) is 1.